The SMILES string of the molecule is CNS(=O)c1ccc(C(=O)O)cn1. The van der Waals surface area contributed by atoms with Crippen molar-refractivity contribution < 1.29 is 14.1 Å². The third kappa shape index (κ3) is 2.33. The van der Waals surface area contributed by atoms with Gasteiger partial charge in [0.1, 0.15) is 16.0 Å². The molecule has 5 nitrogen and oxygen atoms in total. The number of aromatic carboxylic acids is 1. The molecule has 1 atom stereocenters. The van der Waals surface area contributed by atoms with E-state index in [9.17, 15) is 9.00 Å². The summed E-state index contributed by atoms with van der Waals surface area (Å²) in [6.07, 6.45) is 1.17. The molecule has 1 rings (SSSR count). The molecule has 1 aromatic rings. The average molecular weight is 200 g/mol. The normalized spacial score (nSPS) is 12.4. The summed E-state index contributed by atoms with van der Waals surface area (Å²) in [7, 11) is 0.165. The molecule has 0 aliphatic heterocycles. The van der Waals surface area contributed by atoms with Crippen molar-refractivity contribution in [2.75, 3.05) is 7.05 Å². The Bertz CT molecular complexity index is 336. The first-order valence-electron chi connectivity index (χ1n) is 3.43. The highest BCUT2D eigenvalue weighted by Gasteiger charge is 2.05. The van der Waals surface area contributed by atoms with E-state index in [4.69, 9.17) is 5.11 Å². The molecule has 0 fully saturated rings. The number of nitrogens with zero attached hydrogens (tertiary/aromatic N) is 1. The van der Waals surface area contributed by atoms with E-state index in [0.29, 0.717) is 5.03 Å². The van der Waals surface area contributed by atoms with Gasteiger partial charge in [-0.2, -0.15) is 0 Å². The Morgan fingerprint density at radius 3 is 2.69 bits per heavy atom. The molecule has 0 aromatic carbocycles. The van der Waals surface area contributed by atoms with E-state index < -0.39 is 17.0 Å². The lowest BCUT2D eigenvalue weighted by Gasteiger charge is -1.98. The van der Waals surface area contributed by atoms with Gasteiger partial charge in [0.15, 0.2) is 0 Å². The standard InChI is InChI=1S/C7H8N2O3S/c1-8-13(12)6-3-2-5(4-9-6)7(10)11/h2-4,8H,1H3,(H,10,11). The lowest BCUT2D eigenvalue weighted by Crippen LogP contribution is -2.12. The highest BCUT2D eigenvalue weighted by molar-refractivity contribution is 7.82. The Morgan fingerprint density at radius 1 is 1.62 bits per heavy atom. The molecule has 6 heteroatoms. The van der Waals surface area contributed by atoms with Gasteiger partial charge >= 0.3 is 5.97 Å². The number of nitrogens with one attached hydrogen (secondary N) is 1. The van der Waals surface area contributed by atoms with Crippen LogP contribution in [0.3, 0.4) is 0 Å². The Hall–Kier alpha value is -1.27. The second kappa shape index (κ2) is 4.11. The molecule has 0 aliphatic carbocycles. The van der Waals surface area contributed by atoms with Crippen LogP contribution < -0.4 is 4.72 Å². The number of pyridine rings is 1. The van der Waals surface area contributed by atoms with E-state index in [2.05, 4.69) is 9.71 Å². The molecule has 0 bridgehead atoms. The van der Waals surface area contributed by atoms with Crippen LogP contribution in [0.5, 0.6) is 0 Å². The predicted octanol–water partition coefficient (Wildman–Crippen LogP) is 0.0218. The first kappa shape index (κ1) is 9.82. The minimum Gasteiger partial charge on any atom is -0.478 e. The maximum Gasteiger partial charge on any atom is 0.337 e. The maximum atomic E-state index is 11.1. The highest BCUT2D eigenvalue weighted by atomic mass is 32.2. The molecule has 1 unspecified atom stereocenters. The van der Waals surface area contributed by atoms with Gasteiger partial charge in [-0.1, -0.05) is 0 Å². The van der Waals surface area contributed by atoms with Gasteiger partial charge in [-0.15, -0.1) is 0 Å². The van der Waals surface area contributed by atoms with Crippen molar-refractivity contribution in [1.29, 1.82) is 0 Å². The van der Waals surface area contributed by atoms with Gasteiger partial charge in [0.2, 0.25) is 0 Å². The topological polar surface area (TPSA) is 79.3 Å². The van der Waals surface area contributed by atoms with Crippen LogP contribution in [0.25, 0.3) is 0 Å². The smallest absolute Gasteiger partial charge is 0.337 e. The van der Waals surface area contributed by atoms with Crippen molar-refractivity contribution in [3.8, 4) is 0 Å². The van der Waals surface area contributed by atoms with Crippen LogP contribution >= 0.6 is 0 Å². The van der Waals surface area contributed by atoms with Gasteiger partial charge in [0.05, 0.1) is 5.56 Å². The van der Waals surface area contributed by atoms with Crippen LogP contribution in [0, 0.1) is 0 Å². The zero-order valence-corrected chi connectivity index (χ0v) is 7.67. The number of carboxylic acid groups (broad SMARTS) is 1. The van der Waals surface area contributed by atoms with Gasteiger partial charge in [-0.05, 0) is 19.2 Å². The molecule has 1 aromatic heterocycles. The quantitative estimate of drug-likeness (QED) is 0.721. The number of hydrogen-bond donors (Lipinski definition) is 2. The number of aromatic nitrogens is 1. The zero-order chi connectivity index (χ0) is 9.84. The zero-order valence-electron chi connectivity index (χ0n) is 6.85. The molecule has 1 heterocycles. The Labute approximate surface area is 77.4 Å². The first-order valence-corrected chi connectivity index (χ1v) is 4.58. The molecule has 2 N–H and O–H groups in total. The molecule has 0 radical (unpaired) electrons. The van der Waals surface area contributed by atoms with Crippen molar-refractivity contribution >= 4 is 17.0 Å². The van der Waals surface area contributed by atoms with Crippen molar-refractivity contribution in [2.45, 2.75) is 5.03 Å². The summed E-state index contributed by atoms with van der Waals surface area (Å²) in [6.45, 7) is 0. The largest absolute Gasteiger partial charge is 0.478 e. The summed E-state index contributed by atoms with van der Waals surface area (Å²) in [5, 5.41) is 8.85. The minimum absolute atomic E-state index is 0.0804. The summed E-state index contributed by atoms with van der Waals surface area (Å²) < 4.78 is 13.6. The molecule has 0 amide bonds. The lowest BCUT2D eigenvalue weighted by molar-refractivity contribution is 0.0696. The molecule has 0 aliphatic rings. The number of carbonyl (C=O) groups is 1. The van der Waals surface area contributed by atoms with Gasteiger partial charge in [0.25, 0.3) is 0 Å². The maximum absolute atomic E-state index is 11.1. The second-order valence-corrected chi connectivity index (χ2v) is 3.53. The third-order valence-corrected chi connectivity index (χ3v) is 2.35. The van der Waals surface area contributed by atoms with Crippen molar-refractivity contribution in [1.82, 2.24) is 9.71 Å². The van der Waals surface area contributed by atoms with Crippen LogP contribution in [-0.2, 0) is 11.0 Å². The average Bonchev–Trinajstić information content (AvgIpc) is 2.17. The number of carboxylic acids is 1. The van der Waals surface area contributed by atoms with Crippen LogP contribution in [0.1, 0.15) is 10.4 Å². The van der Waals surface area contributed by atoms with E-state index in [1.807, 2.05) is 0 Å². The third-order valence-electron chi connectivity index (χ3n) is 1.36. The van der Waals surface area contributed by atoms with E-state index in [1.165, 1.54) is 25.4 Å². The monoisotopic (exact) mass is 200 g/mol. The molecular weight excluding hydrogens is 192 g/mol. The Kier molecular flexibility index (Phi) is 3.10. The van der Waals surface area contributed by atoms with Crippen LogP contribution in [0.2, 0.25) is 0 Å². The van der Waals surface area contributed by atoms with Crippen LogP contribution in [-0.4, -0.2) is 27.3 Å². The summed E-state index contributed by atoms with van der Waals surface area (Å²) >= 11 is 0. The minimum atomic E-state index is -1.37. The fraction of sp³-hybridized carbons (Fsp3) is 0.143. The second-order valence-electron chi connectivity index (χ2n) is 2.16. The van der Waals surface area contributed by atoms with E-state index in [1.54, 1.807) is 0 Å². The number of hydrogen-bond acceptors (Lipinski definition) is 3. The summed E-state index contributed by atoms with van der Waals surface area (Å²) in [5.74, 6) is -1.05. The van der Waals surface area contributed by atoms with Gasteiger partial charge in [0, 0.05) is 6.20 Å². The van der Waals surface area contributed by atoms with E-state index >= 15 is 0 Å². The summed E-state index contributed by atoms with van der Waals surface area (Å²) in [5.41, 5.74) is 0.0804. The first-order chi connectivity index (χ1) is 6.15. The van der Waals surface area contributed by atoms with Gasteiger partial charge in [-0.3, -0.25) is 0 Å². The highest BCUT2D eigenvalue weighted by Crippen LogP contribution is 2.02. The molecule has 13 heavy (non-hydrogen) atoms. The van der Waals surface area contributed by atoms with Crippen molar-refractivity contribution in [3.05, 3.63) is 23.9 Å². The van der Waals surface area contributed by atoms with Crippen molar-refractivity contribution in [2.24, 2.45) is 0 Å². The van der Waals surface area contributed by atoms with Crippen LogP contribution in [0.15, 0.2) is 23.4 Å². The predicted molar refractivity (Wildman–Crippen MR) is 46.7 cm³/mol. The molecule has 70 valence electrons. The van der Waals surface area contributed by atoms with Crippen LogP contribution in [0.4, 0.5) is 0 Å². The fourth-order valence-electron chi connectivity index (χ4n) is 0.721. The van der Waals surface area contributed by atoms with E-state index in [0.717, 1.165) is 0 Å². The van der Waals surface area contributed by atoms with Gasteiger partial charge < -0.3 is 5.11 Å². The van der Waals surface area contributed by atoms with Gasteiger partial charge in [-0.25, -0.2) is 18.7 Å². The summed E-state index contributed by atoms with van der Waals surface area (Å²) in [6, 6.07) is 2.77. The molecular formula is C7H8N2O3S. The molecule has 0 spiro atoms. The lowest BCUT2D eigenvalue weighted by atomic mass is 10.3. The summed E-state index contributed by atoms with van der Waals surface area (Å²) in [4.78, 5) is 14.1. The molecule has 0 saturated heterocycles. The molecule has 0 saturated carbocycles. The number of rotatable bonds is 3. The van der Waals surface area contributed by atoms with E-state index in [-0.39, 0.29) is 5.56 Å². The Balaban J connectivity index is 2.93. The fourth-order valence-corrected chi connectivity index (χ4v) is 1.27. The Morgan fingerprint density at radius 2 is 2.31 bits per heavy atom. The van der Waals surface area contributed by atoms with Crippen molar-refractivity contribution in [3.63, 3.8) is 0 Å².